The largest absolute Gasteiger partial charge is 0.454 e. The molecule has 0 aromatic heterocycles. The molecule has 0 spiro atoms. The molecule has 0 unspecified atom stereocenters. The molecule has 0 aliphatic carbocycles. The Balaban J connectivity index is 1.76. The van der Waals surface area contributed by atoms with Crippen molar-refractivity contribution in [3.63, 3.8) is 0 Å². The van der Waals surface area contributed by atoms with Crippen LogP contribution in [0.25, 0.3) is 0 Å². The number of nitrogens with zero attached hydrogens (tertiary/aromatic N) is 1. The molecule has 1 fully saturated rings. The van der Waals surface area contributed by atoms with Crippen LogP contribution in [0.5, 0.6) is 11.5 Å². The van der Waals surface area contributed by atoms with Gasteiger partial charge in [-0.1, -0.05) is 11.6 Å². The highest BCUT2D eigenvalue weighted by Gasteiger charge is 2.26. The zero-order valence-corrected chi connectivity index (χ0v) is 11.9. The van der Waals surface area contributed by atoms with E-state index in [9.17, 15) is 4.79 Å². The van der Waals surface area contributed by atoms with E-state index in [1.165, 1.54) is 0 Å². The van der Waals surface area contributed by atoms with E-state index >= 15 is 0 Å². The minimum absolute atomic E-state index is 0.0133. The van der Waals surface area contributed by atoms with Gasteiger partial charge in [0.25, 0.3) is 5.91 Å². The van der Waals surface area contributed by atoms with Gasteiger partial charge in [0.2, 0.25) is 6.79 Å². The van der Waals surface area contributed by atoms with Crippen molar-refractivity contribution >= 4 is 17.5 Å². The van der Waals surface area contributed by atoms with Gasteiger partial charge in [-0.2, -0.15) is 0 Å². The Kier molecular flexibility index (Phi) is 3.72. The summed E-state index contributed by atoms with van der Waals surface area (Å²) in [6.07, 6.45) is 1.92. The minimum atomic E-state index is -0.0133. The number of hydrogen-bond acceptors (Lipinski definition) is 4. The van der Waals surface area contributed by atoms with E-state index in [-0.39, 0.29) is 12.7 Å². The van der Waals surface area contributed by atoms with E-state index in [0.717, 1.165) is 25.9 Å². The summed E-state index contributed by atoms with van der Waals surface area (Å²) in [6, 6.07) is 3.35. The van der Waals surface area contributed by atoms with Crippen LogP contribution in [0.3, 0.4) is 0 Å². The molecule has 0 radical (unpaired) electrons. The lowest BCUT2D eigenvalue weighted by atomic mass is 9.96. The maximum Gasteiger partial charge on any atom is 0.254 e. The van der Waals surface area contributed by atoms with E-state index in [1.807, 2.05) is 4.90 Å². The van der Waals surface area contributed by atoms with Crippen molar-refractivity contribution < 1.29 is 14.3 Å². The van der Waals surface area contributed by atoms with Gasteiger partial charge in [-0.25, -0.2) is 0 Å². The van der Waals surface area contributed by atoms with Crippen LogP contribution >= 0.6 is 11.6 Å². The fourth-order valence-electron chi connectivity index (χ4n) is 2.65. The van der Waals surface area contributed by atoms with Crippen LogP contribution in [0.4, 0.5) is 0 Å². The number of ether oxygens (including phenoxy) is 2. The van der Waals surface area contributed by atoms with Gasteiger partial charge in [0.1, 0.15) is 0 Å². The Morgan fingerprint density at radius 1 is 1.35 bits per heavy atom. The molecule has 3 rings (SSSR count). The Hall–Kier alpha value is -1.46. The number of carbonyl (C=O) groups is 1. The summed E-state index contributed by atoms with van der Waals surface area (Å²) < 4.78 is 10.5. The zero-order valence-electron chi connectivity index (χ0n) is 11.1. The van der Waals surface area contributed by atoms with Crippen molar-refractivity contribution in [1.29, 1.82) is 0 Å². The number of nitrogens with two attached hydrogens (primary N) is 1. The molecule has 6 heteroatoms. The van der Waals surface area contributed by atoms with E-state index in [0.29, 0.717) is 34.5 Å². The molecule has 108 valence electrons. The third-order valence-corrected chi connectivity index (χ3v) is 4.19. The second-order valence-electron chi connectivity index (χ2n) is 5.16. The van der Waals surface area contributed by atoms with Gasteiger partial charge in [-0.05, 0) is 37.4 Å². The van der Waals surface area contributed by atoms with Gasteiger partial charge in [-0.15, -0.1) is 0 Å². The smallest absolute Gasteiger partial charge is 0.254 e. The number of fused-ring (bicyclic) bond motifs is 1. The highest BCUT2D eigenvalue weighted by Crippen LogP contribution is 2.40. The summed E-state index contributed by atoms with van der Waals surface area (Å²) in [7, 11) is 0. The molecule has 0 atom stereocenters. The van der Waals surface area contributed by atoms with E-state index in [2.05, 4.69) is 0 Å². The lowest BCUT2D eigenvalue weighted by Crippen LogP contribution is -2.40. The molecule has 1 saturated heterocycles. The van der Waals surface area contributed by atoms with Crippen LogP contribution in [-0.4, -0.2) is 37.2 Å². The first-order valence-corrected chi connectivity index (χ1v) is 7.15. The van der Waals surface area contributed by atoms with Crippen LogP contribution in [0.1, 0.15) is 23.2 Å². The number of piperidine rings is 1. The quantitative estimate of drug-likeness (QED) is 0.905. The van der Waals surface area contributed by atoms with Crippen LogP contribution in [0.15, 0.2) is 12.1 Å². The van der Waals surface area contributed by atoms with Crippen molar-refractivity contribution in [3.8, 4) is 11.5 Å². The number of amides is 1. The second kappa shape index (κ2) is 5.50. The lowest BCUT2D eigenvalue weighted by molar-refractivity contribution is 0.0693. The van der Waals surface area contributed by atoms with Gasteiger partial charge in [0.05, 0.1) is 5.02 Å². The van der Waals surface area contributed by atoms with Crippen LogP contribution < -0.4 is 15.2 Å². The topological polar surface area (TPSA) is 64.8 Å². The average molecular weight is 297 g/mol. The Bertz CT molecular complexity index is 527. The van der Waals surface area contributed by atoms with Crippen molar-refractivity contribution in [2.75, 3.05) is 26.4 Å². The summed E-state index contributed by atoms with van der Waals surface area (Å²) >= 11 is 6.11. The number of halogens is 1. The van der Waals surface area contributed by atoms with Gasteiger partial charge >= 0.3 is 0 Å². The normalized spacial score (nSPS) is 18.4. The Morgan fingerprint density at radius 2 is 2.10 bits per heavy atom. The molecule has 1 aromatic rings. The highest BCUT2D eigenvalue weighted by atomic mass is 35.5. The molecule has 20 heavy (non-hydrogen) atoms. The standard InChI is InChI=1S/C14H17ClN2O3/c15-11-5-10(6-12-13(11)20-8-19-12)14(18)17-3-1-9(7-16)2-4-17/h5-6,9H,1-4,7-8,16H2. The van der Waals surface area contributed by atoms with Crippen molar-refractivity contribution in [2.24, 2.45) is 11.7 Å². The summed E-state index contributed by atoms with van der Waals surface area (Å²) in [5.41, 5.74) is 6.21. The third kappa shape index (κ3) is 2.43. The SMILES string of the molecule is NCC1CCN(C(=O)c2cc(Cl)c3c(c2)OCO3)CC1. The summed E-state index contributed by atoms with van der Waals surface area (Å²) in [5.74, 6) is 1.57. The molecule has 2 aliphatic rings. The Labute approximate surface area is 122 Å². The molecule has 0 saturated carbocycles. The monoisotopic (exact) mass is 296 g/mol. The lowest BCUT2D eigenvalue weighted by Gasteiger charge is -2.31. The number of hydrogen-bond donors (Lipinski definition) is 1. The first-order chi connectivity index (χ1) is 9.69. The third-order valence-electron chi connectivity index (χ3n) is 3.91. The first-order valence-electron chi connectivity index (χ1n) is 6.77. The summed E-state index contributed by atoms with van der Waals surface area (Å²) in [4.78, 5) is 14.3. The number of benzene rings is 1. The minimum Gasteiger partial charge on any atom is -0.454 e. The van der Waals surface area contributed by atoms with Gasteiger partial charge in [-0.3, -0.25) is 4.79 Å². The predicted octanol–water partition coefficient (Wildman–Crippen LogP) is 1.88. The molecule has 2 heterocycles. The molecular formula is C14H17ClN2O3. The van der Waals surface area contributed by atoms with Crippen molar-refractivity contribution in [2.45, 2.75) is 12.8 Å². The maximum atomic E-state index is 12.5. The molecule has 2 aliphatic heterocycles. The van der Waals surface area contributed by atoms with Crippen molar-refractivity contribution in [1.82, 2.24) is 4.90 Å². The fourth-order valence-corrected chi connectivity index (χ4v) is 2.91. The molecule has 1 amide bonds. The molecule has 0 bridgehead atoms. The molecule has 5 nitrogen and oxygen atoms in total. The van der Waals surface area contributed by atoms with Crippen LogP contribution in [0, 0.1) is 5.92 Å². The number of carbonyl (C=O) groups excluding carboxylic acids is 1. The Morgan fingerprint density at radius 3 is 2.80 bits per heavy atom. The molecule has 2 N–H and O–H groups in total. The number of likely N-dealkylation sites (tertiary alicyclic amines) is 1. The average Bonchev–Trinajstić information content (AvgIpc) is 2.95. The van der Waals surface area contributed by atoms with Crippen LogP contribution in [-0.2, 0) is 0 Å². The summed E-state index contributed by atoms with van der Waals surface area (Å²) in [6.45, 7) is 2.33. The summed E-state index contributed by atoms with van der Waals surface area (Å²) in [5, 5.41) is 0.417. The number of rotatable bonds is 2. The predicted molar refractivity (Wildman–Crippen MR) is 75.3 cm³/mol. The highest BCUT2D eigenvalue weighted by molar-refractivity contribution is 6.32. The molecule has 1 aromatic carbocycles. The van der Waals surface area contributed by atoms with E-state index in [1.54, 1.807) is 12.1 Å². The van der Waals surface area contributed by atoms with E-state index < -0.39 is 0 Å². The van der Waals surface area contributed by atoms with Crippen LogP contribution in [0.2, 0.25) is 5.02 Å². The molecular weight excluding hydrogens is 280 g/mol. The fraction of sp³-hybridized carbons (Fsp3) is 0.500. The van der Waals surface area contributed by atoms with E-state index in [4.69, 9.17) is 26.8 Å². The second-order valence-corrected chi connectivity index (χ2v) is 5.57. The van der Waals surface area contributed by atoms with Gasteiger partial charge < -0.3 is 20.1 Å². The van der Waals surface area contributed by atoms with Gasteiger partial charge in [0.15, 0.2) is 11.5 Å². The van der Waals surface area contributed by atoms with Gasteiger partial charge in [0, 0.05) is 18.7 Å². The maximum absolute atomic E-state index is 12.5. The first kappa shape index (κ1) is 13.5. The van der Waals surface area contributed by atoms with Crippen molar-refractivity contribution in [3.05, 3.63) is 22.7 Å². The zero-order chi connectivity index (χ0) is 14.1.